The highest BCUT2D eigenvalue weighted by Gasteiger charge is 2.29. The van der Waals surface area contributed by atoms with Gasteiger partial charge in [0.2, 0.25) is 0 Å². The van der Waals surface area contributed by atoms with Crippen molar-refractivity contribution in [1.82, 2.24) is 9.80 Å². The molecule has 0 aromatic heterocycles. The lowest BCUT2D eigenvalue weighted by Crippen LogP contribution is -2.46. The number of methoxy groups -OCH3 is 1. The number of nitrogens with two attached hydrogens (primary N) is 1. The van der Waals surface area contributed by atoms with Crippen molar-refractivity contribution in [3.8, 4) is 0 Å². The van der Waals surface area contributed by atoms with Crippen molar-refractivity contribution in [2.45, 2.75) is 19.3 Å². The van der Waals surface area contributed by atoms with E-state index in [4.69, 9.17) is 15.2 Å². The van der Waals surface area contributed by atoms with E-state index in [0.29, 0.717) is 12.0 Å². The van der Waals surface area contributed by atoms with Gasteiger partial charge in [0.1, 0.15) is 5.50 Å². The predicted molar refractivity (Wildman–Crippen MR) is 80.8 cm³/mol. The summed E-state index contributed by atoms with van der Waals surface area (Å²) < 4.78 is 10.7. The summed E-state index contributed by atoms with van der Waals surface area (Å²) in [6.45, 7) is 9.88. The first-order chi connectivity index (χ1) is 9.28. The fourth-order valence-corrected chi connectivity index (χ4v) is 3.39. The van der Waals surface area contributed by atoms with Crippen LogP contribution in [0.15, 0.2) is 11.1 Å². The topological polar surface area (TPSA) is 51.0 Å². The molecule has 0 fully saturated rings. The van der Waals surface area contributed by atoms with Crippen LogP contribution in [0.1, 0.15) is 13.8 Å². The fourth-order valence-electron chi connectivity index (χ4n) is 2.07. The molecule has 0 bridgehead atoms. The van der Waals surface area contributed by atoms with Crippen molar-refractivity contribution in [2.24, 2.45) is 5.73 Å². The number of thioether (sulfide) groups is 1. The summed E-state index contributed by atoms with van der Waals surface area (Å²) in [5.74, 6) is 0. The van der Waals surface area contributed by atoms with Gasteiger partial charge in [-0.3, -0.25) is 4.90 Å². The van der Waals surface area contributed by atoms with Gasteiger partial charge in [-0.05, 0) is 18.9 Å². The Hall–Kier alpha value is -0.270. The maximum absolute atomic E-state index is 5.81. The number of rotatable bonds is 10. The maximum atomic E-state index is 5.81. The molecule has 0 radical (unpaired) electrons. The van der Waals surface area contributed by atoms with Crippen LogP contribution in [-0.4, -0.2) is 68.4 Å². The second-order valence-electron chi connectivity index (χ2n) is 4.29. The molecular formula is C13H27N3O2S. The standard InChI is InChI=1S/C13H27N3O2S/c1-4-15(6-9-18-5-2)13-16(7-8-17-3)12(10-14)11-19-13/h11,13H,4-10,14H2,1-3H3. The van der Waals surface area contributed by atoms with Crippen LogP contribution < -0.4 is 5.73 Å². The third-order valence-electron chi connectivity index (χ3n) is 3.15. The number of hydrogen-bond donors (Lipinski definition) is 1. The van der Waals surface area contributed by atoms with Crippen LogP contribution >= 0.6 is 11.8 Å². The number of likely N-dealkylation sites (N-methyl/N-ethyl adjacent to an activating group) is 1. The van der Waals surface area contributed by atoms with Crippen molar-refractivity contribution < 1.29 is 9.47 Å². The average Bonchev–Trinajstić information content (AvgIpc) is 2.84. The summed E-state index contributed by atoms with van der Waals surface area (Å²) in [4.78, 5) is 4.75. The zero-order valence-corrected chi connectivity index (χ0v) is 13.1. The van der Waals surface area contributed by atoms with Crippen LogP contribution in [0, 0.1) is 0 Å². The third-order valence-corrected chi connectivity index (χ3v) is 4.36. The molecular weight excluding hydrogens is 262 g/mol. The van der Waals surface area contributed by atoms with E-state index in [1.54, 1.807) is 7.11 Å². The smallest absolute Gasteiger partial charge is 0.134 e. The molecule has 1 atom stereocenters. The highest BCUT2D eigenvalue weighted by molar-refractivity contribution is 8.02. The van der Waals surface area contributed by atoms with Crippen molar-refractivity contribution in [1.29, 1.82) is 0 Å². The molecule has 19 heavy (non-hydrogen) atoms. The van der Waals surface area contributed by atoms with E-state index in [2.05, 4.69) is 22.1 Å². The molecule has 0 aromatic carbocycles. The molecule has 6 heteroatoms. The summed E-state index contributed by atoms with van der Waals surface area (Å²) in [7, 11) is 1.73. The first-order valence-electron chi connectivity index (χ1n) is 6.90. The van der Waals surface area contributed by atoms with Gasteiger partial charge in [-0.15, -0.1) is 0 Å². The molecule has 0 amide bonds. The van der Waals surface area contributed by atoms with Gasteiger partial charge in [0, 0.05) is 39.0 Å². The number of hydrogen-bond acceptors (Lipinski definition) is 6. The quantitative estimate of drug-likeness (QED) is 0.608. The van der Waals surface area contributed by atoms with Crippen LogP contribution in [0.3, 0.4) is 0 Å². The fraction of sp³-hybridized carbons (Fsp3) is 0.846. The molecule has 0 aliphatic carbocycles. The van der Waals surface area contributed by atoms with E-state index in [9.17, 15) is 0 Å². The van der Waals surface area contributed by atoms with Gasteiger partial charge in [-0.2, -0.15) is 0 Å². The Morgan fingerprint density at radius 2 is 2.21 bits per heavy atom. The van der Waals surface area contributed by atoms with Crippen LogP contribution in [0.25, 0.3) is 0 Å². The monoisotopic (exact) mass is 289 g/mol. The minimum Gasteiger partial charge on any atom is -0.383 e. The highest BCUT2D eigenvalue weighted by Crippen LogP contribution is 2.32. The van der Waals surface area contributed by atoms with E-state index in [1.807, 2.05) is 18.7 Å². The van der Waals surface area contributed by atoms with Gasteiger partial charge in [-0.25, -0.2) is 0 Å². The second-order valence-corrected chi connectivity index (χ2v) is 5.22. The molecule has 0 saturated carbocycles. The molecule has 1 aliphatic heterocycles. The minimum atomic E-state index is 0.319. The van der Waals surface area contributed by atoms with Crippen molar-refractivity contribution >= 4 is 11.8 Å². The summed E-state index contributed by atoms with van der Waals surface area (Å²) in [5, 5.41) is 2.17. The second kappa shape index (κ2) is 9.61. The lowest BCUT2D eigenvalue weighted by Gasteiger charge is -2.36. The molecule has 1 aliphatic rings. The van der Waals surface area contributed by atoms with E-state index < -0.39 is 0 Å². The summed E-state index contributed by atoms with van der Waals surface area (Å²) >= 11 is 1.82. The highest BCUT2D eigenvalue weighted by atomic mass is 32.2. The molecule has 112 valence electrons. The van der Waals surface area contributed by atoms with Gasteiger partial charge >= 0.3 is 0 Å². The Bertz CT molecular complexity index is 277. The Morgan fingerprint density at radius 1 is 1.42 bits per heavy atom. The SMILES string of the molecule is CCOCCN(CC)C1SC=C(CN)N1CCOC. The zero-order valence-electron chi connectivity index (χ0n) is 12.3. The lowest BCUT2D eigenvalue weighted by molar-refractivity contribution is 0.0692. The number of ether oxygens (including phenoxy) is 2. The van der Waals surface area contributed by atoms with E-state index >= 15 is 0 Å². The number of nitrogens with zero attached hydrogens (tertiary/aromatic N) is 2. The van der Waals surface area contributed by atoms with Crippen LogP contribution in [0.2, 0.25) is 0 Å². The maximum Gasteiger partial charge on any atom is 0.134 e. The molecule has 1 rings (SSSR count). The summed E-state index contributed by atoms with van der Waals surface area (Å²) in [6.07, 6.45) is 0. The van der Waals surface area contributed by atoms with Crippen LogP contribution in [0.4, 0.5) is 0 Å². The van der Waals surface area contributed by atoms with Gasteiger partial charge in [-0.1, -0.05) is 18.7 Å². The predicted octanol–water partition coefficient (Wildman–Crippen LogP) is 1.12. The molecule has 0 saturated heterocycles. The molecule has 2 N–H and O–H groups in total. The normalized spacial score (nSPS) is 19.3. The van der Waals surface area contributed by atoms with Crippen molar-refractivity contribution in [3.63, 3.8) is 0 Å². The molecule has 5 nitrogen and oxygen atoms in total. The van der Waals surface area contributed by atoms with Crippen molar-refractivity contribution in [2.75, 3.05) is 53.1 Å². The Labute approximate surface area is 121 Å². The van der Waals surface area contributed by atoms with E-state index in [1.165, 1.54) is 5.70 Å². The van der Waals surface area contributed by atoms with E-state index in [-0.39, 0.29) is 0 Å². The molecule has 0 spiro atoms. The van der Waals surface area contributed by atoms with Crippen molar-refractivity contribution in [3.05, 3.63) is 11.1 Å². The average molecular weight is 289 g/mol. The minimum absolute atomic E-state index is 0.319. The van der Waals surface area contributed by atoms with E-state index in [0.717, 1.165) is 39.5 Å². The van der Waals surface area contributed by atoms with Crippen LogP contribution in [-0.2, 0) is 9.47 Å². The van der Waals surface area contributed by atoms with Gasteiger partial charge in [0.05, 0.1) is 13.2 Å². The first-order valence-corrected chi connectivity index (χ1v) is 7.84. The first kappa shape index (κ1) is 16.8. The molecule has 0 aromatic rings. The Balaban J connectivity index is 2.57. The van der Waals surface area contributed by atoms with Crippen LogP contribution in [0.5, 0.6) is 0 Å². The zero-order chi connectivity index (χ0) is 14.1. The van der Waals surface area contributed by atoms with Gasteiger partial charge < -0.3 is 20.1 Å². The Kier molecular flexibility index (Phi) is 8.48. The lowest BCUT2D eigenvalue weighted by atomic mass is 10.4. The summed E-state index contributed by atoms with van der Waals surface area (Å²) in [5.41, 5.74) is 7.33. The Morgan fingerprint density at radius 3 is 2.79 bits per heavy atom. The van der Waals surface area contributed by atoms with Gasteiger partial charge in [0.25, 0.3) is 0 Å². The molecule has 1 heterocycles. The molecule has 1 unspecified atom stereocenters. The summed E-state index contributed by atoms with van der Waals surface area (Å²) in [6, 6.07) is 0. The largest absolute Gasteiger partial charge is 0.383 e. The van der Waals surface area contributed by atoms with Gasteiger partial charge in [0.15, 0.2) is 0 Å². The third kappa shape index (κ3) is 4.96.